The van der Waals surface area contributed by atoms with Crippen molar-refractivity contribution < 1.29 is 4.79 Å². The molecule has 5 rings (SSSR count). The highest BCUT2D eigenvalue weighted by atomic mass is 16.2. The Hall–Kier alpha value is -3.93. The van der Waals surface area contributed by atoms with Gasteiger partial charge >= 0.3 is 0 Å². The number of rotatable bonds is 3. The largest absolute Gasteiger partial charge is 0.351 e. The Labute approximate surface area is 174 Å². The summed E-state index contributed by atoms with van der Waals surface area (Å²) >= 11 is 0. The zero-order valence-electron chi connectivity index (χ0n) is 17.1. The van der Waals surface area contributed by atoms with Crippen LogP contribution in [-0.4, -0.2) is 43.8 Å². The molecule has 0 aliphatic heterocycles. The van der Waals surface area contributed by atoms with Gasteiger partial charge in [0, 0.05) is 61.1 Å². The summed E-state index contributed by atoms with van der Waals surface area (Å²) in [6, 6.07) is 16.1. The molecule has 6 nitrogen and oxygen atoms in total. The van der Waals surface area contributed by atoms with Crippen molar-refractivity contribution in [2.75, 3.05) is 14.1 Å². The molecule has 148 valence electrons. The van der Waals surface area contributed by atoms with Gasteiger partial charge in [-0.3, -0.25) is 14.2 Å². The van der Waals surface area contributed by atoms with Crippen LogP contribution in [0.15, 0.2) is 73.3 Å². The highest BCUT2D eigenvalue weighted by Crippen LogP contribution is 2.27. The van der Waals surface area contributed by atoms with Crippen molar-refractivity contribution in [2.24, 2.45) is 7.05 Å². The van der Waals surface area contributed by atoms with Crippen molar-refractivity contribution in [3.8, 4) is 22.5 Å². The van der Waals surface area contributed by atoms with Crippen LogP contribution in [0.5, 0.6) is 0 Å². The lowest BCUT2D eigenvalue weighted by atomic mass is 10.1. The normalized spacial score (nSPS) is 11.3. The first-order valence-corrected chi connectivity index (χ1v) is 9.72. The Morgan fingerprint density at radius 3 is 2.67 bits per heavy atom. The third-order valence-corrected chi connectivity index (χ3v) is 5.39. The molecule has 0 saturated carbocycles. The van der Waals surface area contributed by atoms with E-state index >= 15 is 0 Å². The van der Waals surface area contributed by atoms with Crippen molar-refractivity contribution in [1.82, 2.24) is 23.8 Å². The Morgan fingerprint density at radius 2 is 1.83 bits per heavy atom. The van der Waals surface area contributed by atoms with Crippen LogP contribution in [0.2, 0.25) is 0 Å². The minimum atomic E-state index is -0.0302. The molecule has 0 aliphatic rings. The maximum absolute atomic E-state index is 12.3. The van der Waals surface area contributed by atoms with Crippen LogP contribution < -0.4 is 0 Å². The van der Waals surface area contributed by atoms with Crippen molar-refractivity contribution >= 4 is 22.5 Å². The van der Waals surface area contributed by atoms with Crippen molar-refractivity contribution in [1.29, 1.82) is 0 Å². The predicted octanol–water partition coefficient (Wildman–Crippen LogP) is 4.26. The predicted molar refractivity (Wildman–Crippen MR) is 118 cm³/mol. The molecule has 0 bridgehead atoms. The van der Waals surface area contributed by atoms with Gasteiger partial charge in [0.1, 0.15) is 0 Å². The van der Waals surface area contributed by atoms with Crippen LogP contribution in [0.4, 0.5) is 0 Å². The Balaban J connectivity index is 1.61. The second-order valence-corrected chi connectivity index (χ2v) is 7.62. The zero-order chi connectivity index (χ0) is 20.8. The second kappa shape index (κ2) is 6.84. The third kappa shape index (κ3) is 2.93. The molecule has 0 unspecified atom stereocenters. The van der Waals surface area contributed by atoms with E-state index in [2.05, 4.69) is 45.0 Å². The third-order valence-electron chi connectivity index (χ3n) is 5.39. The van der Waals surface area contributed by atoms with Crippen LogP contribution in [0, 0.1) is 0 Å². The number of fused-ring (bicyclic) bond motifs is 2. The molecule has 5 aromatic rings. The molecule has 2 aromatic carbocycles. The molecule has 6 heteroatoms. The topological polar surface area (TPSA) is 55.4 Å². The summed E-state index contributed by atoms with van der Waals surface area (Å²) in [7, 11) is 5.55. The highest BCUT2D eigenvalue weighted by Gasteiger charge is 2.12. The molecule has 0 atom stereocenters. The minimum absolute atomic E-state index is 0.0302. The fourth-order valence-corrected chi connectivity index (χ4v) is 3.76. The van der Waals surface area contributed by atoms with Crippen LogP contribution in [-0.2, 0) is 7.05 Å². The Kier molecular flexibility index (Phi) is 4.13. The van der Waals surface area contributed by atoms with Crippen molar-refractivity contribution in [2.45, 2.75) is 0 Å². The van der Waals surface area contributed by atoms with Gasteiger partial charge in [0.25, 0.3) is 5.91 Å². The molecular formula is C24H21N5O. The minimum Gasteiger partial charge on any atom is -0.351 e. The number of hydrogen-bond acceptors (Lipinski definition) is 3. The number of carbonyl (C=O) groups excluding carboxylic acids is 1. The lowest BCUT2D eigenvalue weighted by Gasteiger charge is -2.11. The Morgan fingerprint density at radius 1 is 0.967 bits per heavy atom. The molecule has 0 fully saturated rings. The van der Waals surface area contributed by atoms with E-state index in [9.17, 15) is 4.79 Å². The zero-order valence-corrected chi connectivity index (χ0v) is 17.1. The average Bonchev–Trinajstić information content (AvgIpc) is 3.36. The molecule has 0 N–H and O–H groups in total. The van der Waals surface area contributed by atoms with E-state index in [-0.39, 0.29) is 5.91 Å². The number of aromatic nitrogens is 4. The second-order valence-electron chi connectivity index (χ2n) is 7.62. The van der Waals surface area contributed by atoms with E-state index in [0.29, 0.717) is 5.56 Å². The van der Waals surface area contributed by atoms with E-state index < -0.39 is 0 Å². The summed E-state index contributed by atoms with van der Waals surface area (Å²) in [5.41, 5.74) is 6.38. The average molecular weight is 395 g/mol. The Bertz CT molecular complexity index is 1410. The molecular weight excluding hydrogens is 374 g/mol. The molecule has 0 aliphatic carbocycles. The summed E-state index contributed by atoms with van der Waals surface area (Å²) < 4.78 is 4.16. The number of aryl methyl sites for hydroxylation is 1. The van der Waals surface area contributed by atoms with Gasteiger partial charge in [0.05, 0.1) is 23.8 Å². The molecule has 30 heavy (non-hydrogen) atoms. The summed E-state index contributed by atoms with van der Waals surface area (Å²) in [4.78, 5) is 23.0. The SMILES string of the molecule is CN(C)C(=O)c1cccc(-c2cn3c(-c4ccc5c(ccn5C)c4)cnc3cn2)c1. The summed E-state index contributed by atoms with van der Waals surface area (Å²) in [6.45, 7) is 0. The summed E-state index contributed by atoms with van der Waals surface area (Å²) in [6.07, 6.45) is 7.68. The molecule has 1 amide bonds. The summed E-state index contributed by atoms with van der Waals surface area (Å²) in [5.74, 6) is -0.0302. The van der Waals surface area contributed by atoms with Gasteiger partial charge in [-0.05, 0) is 30.3 Å². The lowest BCUT2D eigenvalue weighted by molar-refractivity contribution is 0.0827. The molecule has 0 saturated heterocycles. The molecule has 3 heterocycles. The maximum Gasteiger partial charge on any atom is 0.253 e. The molecule has 3 aromatic heterocycles. The van der Waals surface area contributed by atoms with Crippen molar-refractivity contribution in [3.05, 3.63) is 78.9 Å². The maximum atomic E-state index is 12.3. The van der Waals surface area contributed by atoms with Gasteiger partial charge in [-0.2, -0.15) is 0 Å². The standard InChI is InChI=1S/C24H21N5O/c1-27(2)24(30)19-6-4-5-16(11-19)20-15-29-22(13-26-23(29)14-25-20)17-7-8-21-18(12-17)9-10-28(21)3/h4-15H,1-3H3. The van der Waals surface area contributed by atoms with Gasteiger partial charge < -0.3 is 9.47 Å². The van der Waals surface area contributed by atoms with E-state index in [4.69, 9.17) is 0 Å². The van der Waals surface area contributed by atoms with Crippen LogP contribution in [0.25, 0.3) is 39.1 Å². The van der Waals surface area contributed by atoms with Gasteiger partial charge in [0.2, 0.25) is 0 Å². The number of imidazole rings is 1. The van der Waals surface area contributed by atoms with Crippen molar-refractivity contribution in [3.63, 3.8) is 0 Å². The fourth-order valence-electron chi connectivity index (χ4n) is 3.76. The smallest absolute Gasteiger partial charge is 0.253 e. The number of amides is 1. The lowest BCUT2D eigenvalue weighted by Crippen LogP contribution is -2.21. The quantitative estimate of drug-likeness (QED) is 0.459. The molecule has 0 radical (unpaired) electrons. The summed E-state index contributed by atoms with van der Waals surface area (Å²) in [5, 5.41) is 1.19. The van der Waals surface area contributed by atoms with E-state index in [1.165, 1.54) is 10.9 Å². The number of hydrogen-bond donors (Lipinski definition) is 0. The van der Waals surface area contributed by atoms with E-state index in [1.807, 2.05) is 48.1 Å². The number of carbonyl (C=O) groups is 1. The van der Waals surface area contributed by atoms with E-state index in [0.717, 1.165) is 28.2 Å². The fraction of sp³-hybridized carbons (Fsp3) is 0.125. The van der Waals surface area contributed by atoms with Crippen LogP contribution in [0.3, 0.4) is 0 Å². The van der Waals surface area contributed by atoms with Crippen LogP contribution >= 0.6 is 0 Å². The number of benzene rings is 2. The van der Waals surface area contributed by atoms with Gasteiger partial charge in [0.15, 0.2) is 5.65 Å². The first-order chi connectivity index (χ1) is 14.5. The van der Waals surface area contributed by atoms with Gasteiger partial charge in [-0.25, -0.2) is 4.98 Å². The number of nitrogens with zero attached hydrogens (tertiary/aromatic N) is 5. The molecule has 0 spiro atoms. The van der Waals surface area contributed by atoms with Crippen LogP contribution in [0.1, 0.15) is 10.4 Å². The van der Waals surface area contributed by atoms with Gasteiger partial charge in [-0.15, -0.1) is 0 Å². The first-order valence-electron chi connectivity index (χ1n) is 9.72. The monoisotopic (exact) mass is 395 g/mol. The van der Waals surface area contributed by atoms with Gasteiger partial charge in [-0.1, -0.05) is 18.2 Å². The van der Waals surface area contributed by atoms with E-state index in [1.54, 1.807) is 25.2 Å². The first kappa shape index (κ1) is 18.1. The highest BCUT2D eigenvalue weighted by molar-refractivity contribution is 5.95.